The molecule has 0 aliphatic carbocycles. The summed E-state index contributed by atoms with van der Waals surface area (Å²) in [5.74, 6) is 2.39. The van der Waals surface area contributed by atoms with Crippen LogP contribution in [0.4, 0.5) is 0 Å². The van der Waals surface area contributed by atoms with Gasteiger partial charge in [0.2, 0.25) is 17.7 Å². The molecule has 0 unspecified atom stereocenters. The van der Waals surface area contributed by atoms with Gasteiger partial charge in [0.15, 0.2) is 11.5 Å². The van der Waals surface area contributed by atoms with Gasteiger partial charge in [-0.15, -0.1) is 12.4 Å². The molecule has 222 valence electrons. The van der Waals surface area contributed by atoms with Gasteiger partial charge in [-0.05, 0) is 86.9 Å². The molecule has 3 fully saturated rings. The molecule has 3 saturated heterocycles. The molecule has 0 spiro atoms. The van der Waals surface area contributed by atoms with Gasteiger partial charge in [-0.2, -0.15) is 0 Å². The highest BCUT2D eigenvalue weighted by Crippen LogP contribution is 2.37. The average molecular weight is 577 g/mol. The first-order valence-corrected chi connectivity index (χ1v) is 14.8. The number of carbonyl (C=O) groups is 3. The third-order valence-electron chi connectivity index (χ3n) is 9.05. The number of benzene rings is 1. The molecule has 5 rings (SSSR count). The number of fused-ring (bicyclic) bond motifs is 6. The number of methoxy groups -OCH3 is 2. The Morgan fingerprint density at radius 3 is 2.52 bits per heavy atom. The van der Waals surface area contributed by atoms with Crippen LogP contribution in [0.3, 0.4) is 0 Å². The Morgan fingerprint density at radius 2 is 1.77 bits per heavy atom. The van der Waals surface area contributed by atoms with Crippen LogP contribution < -0.4 is 20.1 Å². The number of aryl methyl sites for hydroxylation is 2. The Balaban J connectivity index is 0.00000370. The van der Waals surface area contributed by atoms with Gasteiger partial charge in [-0.1, -0.05) is 6.07 Å². The van der Waals surface area contributed by atoms with Crippen molar-refractivity contribution in [2.24, 2.45) is 11.8 Å². The fourth-order valence-electron chi connectivity index (χ4n) is 7.20. The van der Waals surface area contributed by atoms with Crippen LogP contribution in [-0.2, 0) is 27.2 Å². The molecular weight excluding hydrogens is 532 g/mol. The van der Waals surface area contributed by atoms with Crippen LogP contribution in [0.1, 0.15) is 62.5 Å². The van der Waals surface area contributed by atoms with Crippen LogP contribution in [-0.4, -0.2) is 86.5 Å². The summed E-state index contributed by atoms with van der Waals surface area (Å²) in [6.45, 7) is 3.63. The molecule has 0 radical (unpaired) electrons. The van der Waals surface area contributed by atoms with Crippen molar-refractivity contribution in [2.45, 2.75) is 76.3 Å². The van der Waals surface area contributed by atoms with E-state index in [9.17, 15) is 14.4 Å². The highest BCUT2D eigenvalue weighted by atomic mass is 35.5. The Morgan fingerprint density at radius 1 is 0.925 bits per heavy atom. The second-order valence-corrected chi connectivity index (χ2v) is 11.7. The number of ether oxygens (including phenoxy) is 2. The monoisotopic (exact) mass is 576 g/mol. The minimum atomic E-state index is -0.0614. The lowest BCUT2D eigenvalue weighted by Crippen LogP contribution is -2.61. The van der Waals surface area contributed by atoms with Crippen molar-refractivity contribution in [1.82, 2.24) is 20.4 Å². The minimum absolute atomic E-state index is 0. The molecule has 40 heavy (non-hydrogen) atoms. The van der Waals surface area contributed by atoms with Gasteiger partial charge in [0, 0.05) is 45.1 Å². The van der Waals surface area contributed by atoms with Gasteiger partial charge >= 0.3 is 0 Å². The van der Waals surface area contributed by atoms with Gasteiger partial charge in [0.05, 0.1) is 20.3 Å². The van der Waals surface area contributed by atoms with Gasteiger partial charge in [0.25, 0.3) is 0 Å². The van der Waals surface area contributed by atoms with E-state index in [0.29, 0.717) is 50.6 Å². The van der Waals surface area contributed by atoms with Crippen molar-refractivity contribution in [1.29, 1.82) is 0 Å². The van der Waals surface area contributed by atoms with Crippen LogP contribution in [0.5, 0.6) is 11.5 Å². The van der Waals surface area contributed by atoms with Crippen LogP contribution in [0.2, 0.25) is 0 Å². The summed E-state index contributed by atoms with van der Waals surface area (Å²) in [6.07, 6.45) is 7.61. The quantitative estimate of drug-likeness (QED) is 0.574. The Bertz CT molecular complexity index is 1060. The number of nitrogens with zero attached hydrogens (tertiary/aromatic N) is 2. The van der Waals surface area contributed by atoms with Crippen molar-refractivity contribution in [3.8, 4) is 11.5 Å². The van der Waals surface area contributed by atoms with E-state index in [0.717, 1.165) is 74.9 Å². The SMILES string of the molecule is COc1cc2cc(c1OC)CCCNC(=O)CCC[C@H]1[C@@H]3C[C@@H](CN(C(=O)[C@@H]4CCCN4)C3)CN1C(=O)CC2.Cl. The lowest BCUT2D eigenvalue weighted by Gasteiger charge is -2.51. The zero-order valence-electron chi connectivity index (χ0n) is 23.9. The van der Waals surface area contributed by atoms with E-state index in [-0.39, 0.29) is 48.1 Å². The first-order valence-electron chi connectivity index (χ1n) is 14.8. The molecule has 1 aromatic rings. The van der Waals surface area contributed by atoms with Gasteiger partial charge in [0.1, 0.15) is 0 Å². The zero-order valence-corrected chi connectivity index (χ0v) is 24.7. The lowest BCUT2D eigenvalue weighted by molar-refractivity contribution is -0.146. The van der Waals surface area contributed by atoms with Crippen LogP contribution in [0.15, 0.2) is 12.1 Å². The largest absolute Gasteiger partial charge is 0.493 e. The van der Waals surface area contributed by atoms with Gasteiger partial charge in [-0.25, -0.2) is 0 Å². The predicted octanol–water partition coefficient (Wildman–Crippen LogP) is 2.72. The van der Waals surface area contributed by atoms with Crippen molar-refractivity contribution in [3.63, 3.8) is 0 Å². The first-order chi connectivity index (χ1) is 19.0. The van der Waals surface area contributed by atoms with Gasteiger partial charge in [-0.3, -0.25) is 14.4 Å². The highest BCUT2D eigenvalue weighted by Gasteiger charge is 2.44. The summed E-state index contributed by atoms with van der Waals surface area (Å²) < 4.78 is 11.3. The Kier molecular flexibility index (Phi) is 10.6. The fourth-order valence-corrected chi connectivity index (χ4v) is 7.20. The molecule has 9 nitrogen and oxygen atoms in total. The number of likely N-dealkylation sites (tertiary alicyclic amines) is 1. The molecule has 4 bridgehead atoms. The standard InChI is InChI=1S/C30H44N4O5.ClH/c1-38-26-16-20-10-11-28(36)34-18-21-15-23(19-33(17-21)30(37)24-7-5-12-31-24)25(34)8-3-9-27(35)32-13-4-6-22(14-20)29(26)39-2;/h14,16,21,23-25,31H,3-13,15,17-19H2,1-2H3,(H,32,35);1H/t21-,23+,24-,25-;/m0./s1. The summed E-state index contributed by atoms with van der Waals surface area (Å²) in [6, 6.07) is 4.09. The molecule has 3 amide bonds. The molecule has 4 atom stereocenters. The molecule has 4 heterocycles. The third-order valence-corrected chi connectivity index (χ3v) is 9.05. The number of hydrogen-bond donors (Lipinski definition) is 2. The lowest BCUT2D eigenvalue weighted by atomic mass is 9.77. The molecule has 4 aliphatic rings. The summed E-state index contributed by atoms with van der Waals surface area (Å²) >= 11 is 0. The predicted molar refractivity (Wildman–Crippen MR) is 155 cm³/mol. The summed E-state index contributed by atoms with van der Waals surface area (Å²) in [5, 5.41) is 6.42. The van der Waals surface area contributed by atoms with E-state index < -0.39 is 0 Å². The van der Waals surface area contributed by atoms with E-state index >= 15 is 0 Å². The summed E-state index contributed by atoms with van der Waals surface area (Å²) in [7, 11) is 3.28. The normalized spacial score (nSPS) is 27.8. The van der Waals surface area contributed by atoms with Crippen molar-refractivity contribution in [3.05, 3.63) is 23.3 Å². The number of hydrogen-bond acceptors (Lipinski definition) is 6. The fraction of sp³-hybridized carbons (Fsp3) is 0.700. The number of nitrogens with one attached hydrogen (secondary N) is 2. The number of carbonyl (C=O) groups excluding carboxylic acids is 3. The van der Waals surface area contributed by atoms with Crippen molar-refractivity contribution >= 4 is 30.1 Å². The van der Waals surface area contributed by atoms with Crippen LogP contribution in [0, 0.1) is 11.8 Å². The average Bonchev–Trinajstić information content (AvgIpc) is 3.48. The Labute approximate surface area is 244 Å². The zero-order chi connectivity index (χ0) is 27.4. The van der Waals surface area contributed by atoms with Crippen LogP contribution in [0.25, 0.3) is 0 Å². The summed E-state index contributed by atoms with van der Waals surface area (Å²) in [5.41, 5.74) is 2.09. The second kappa shape index (κ2) is 13.9. The summed E-state index contributed by atoms with van der Waals surface area (Å²) in [4.78, 5) is 43.7. The third kappa shape index (κ3) is 6.85. The van der Waals surface area contributed by atoms with Crippen LogP contribution >= 0.6 is 12.4 Å². The highest BCUT2D eigenvalue weighted by molar-refractivity contribution is 5.85. The number of rotatable bonds is 3. The van der Waals surface area contributed by atoms with E-state index in [1.54, 1.807) is 14.2 Å². The topological polar surface area (TPSA) is 100 Å². The molecular formula is C30H45ClN4O5. The molecule has 4 aliphatic heterocycles. The van der Waals surface area contributed by atoms with E-state index in [4.69, 9.17) is 9.47 Å². The van der Waals surface area contributed by atoms with E-state index in [2.05, 4.69) is 26.5 Å². The Hall–Kier alpha value is -2.52. The molecule has 1 aromatic carbocycles. The smallest absolute Gasteiger partial charge is 0.239 e. The minimum Gasteiger partial charge on any atom is -0.493 e. The van der Waals surface area contributed by atoms with E-state index in [1.807, 2.05) is 6.07 Å². The molecule has 10 heteroatoms. The molecule has 0 saturated carbocycles. The first kappa shape index (κ1) is 30.4. The van der Waals surface area contributed by atoms with Gasteiger partial charge < -0.3 is 29.9 Å². The van der Waals surface area contributed by atoms with Crippen molar-refractivity contribution in [2.75, 3.05) is 46.9 Å². The maximum absolute atomic E-state index is 13.7. The number of piperidine rings is 2. The molecule has 0 aromatic heterocycles. The number of halogens is 1. The molecule has 2 N–H and O–H groups in total. The maximum atomic E-state index is 13.7. The maximum Gasteiger partial charge on any atom is 0.239 e. The van der Waals surface area contributed by atoms with E-state index in [1.165, 1.54) is 0 Å². The number of amides is 3. The van der Waals surface area contributed by atoms with Crippen molar-refractivity contribution < 1.29 is 23.9 Å². The second-order valence-electron chi connectivity index (χ2n) is 11.7.